The van der Waals surface area contributed by atoms with Gasteiger partial charge in [0, 0.05) is 5.56 Å². The molecular weight excluding hydrogens is 166 g/mol. The lowest BCUT2D eigenvalue weighted by Crippen LogP contribution is -2.02. The molecule has 0 radical (unpaired) electrons. The maximum absolute atomic E-state index is 10.6. The average molecular weight is 179 g/mol. The Kier molecular flexibility index (Phi) is 2.90. The molecule has 0 aliphatic carbocycles. The molecule has 0 aromatic heterocycles. The summed E-state index contributed by atoms with van der Waals surface area (Å²) >= 11 is 0. The van der Waals surface area contributed by atoms with Crippen LogP contribution in [0.3, 0.4) is 0 Å². The smallest absolute Gasteiger partial charge is 0.152 e. The number of nitrogens with two attached hydrogens (primary N) is 1. The highest BCUT2D eigenvalue weighted by atomic mass is 16.5. The monoisotopic (exact) mass is 179 g/mol. The van der Waals surface area contributed by atoms with Gasteiger partial charge in [-0.25, -0.2) is 0 Å². The van der Waals surface area contributed by atoms with Crippen LogP contribution in [0.5, 0.6) is 5.75 Å². The quantitative estimate of drug-likeness (QED) is 0.568. The minimum absolute atomic E-state index is 0.428. The molecule has 0 saturated heterocycles. The van der Waals surface area contributed by atoms with Gasteiger partial charge >= 0.3 is 0 Å². The molecule has 3 heteroatoms. The van der Waals surface area contributed by atoms with Crippen molar-refractivity contribution in [2.45, 2.75) is 13.8 Å². The van der Waals surface area contributed by atoms with Crippen molar-refractivity contribution in [1.82, 2.24) is 0 Å². The van der Waals surface area contributed by atoms with Crippen molar-refractivity contribution in [3.05, 3.63) is 23.3 Å². The maximum Gasteiger partial charge on any atom is 0.152 e. The molecule has 0 aliphatic rings. The fourth-order valence-corrected chi connectivity index (χ4v) is 1.16. The lowest BCUT2D eigenvalue weighted by atomic mass is 10.1. The van der Waals surface area contributed by atoms with E-state index in [4.69, 9.17) is 10.5 Å². The molecule has 0 spiro atoms. The fraction of sp³-hybridized carbons (Fsp3) is 0.300. The van der Waals surface area contributed by atoms with E-state index >= 15 is 0 Å². The second-order valence-corrected chi connectivity index (χ2v) is 2.77. The number of nitrogen functional groups attached to an aromatic ring is 1. The van der Waals surface area contributed by atoms with Crippen molar-refractivity contribution in [1.29, 1.82) is 0 Å². The molecule has 0 atom stereocenters. The van der Waals surface area contributed by atoms with Gasteiger partial charge in [-0.3, -0.25) is 4.79 Å². The van der Waals surface area contributed by atoms with Gasteiger partial charge in [0.05, 0.1) is 12.3 Å². The zero-order chi connectivity index (χ0) is 9.84. The highest BCUT2D eigenvalue weighted by Crippen LogP contribution is 2.28. The third-order valence-electron chi connectivity index (χ3n) is 1.84. The van der Waals surface area contributed by atoms with Crippen LogP contribution in [-0.4, -0.2) is 12.9 Å². The van der Waals surface area contributed by atoms with Crippen LogP contribution in [0.1, 0.15) is 22.8 Å². The third kappa shape index (κ3) is 1.80. The number of anilines is 1. The van der Waals surface area contributed by atoms with Gasteiger partial charge in [0.25, 0.3) is 0 Å². The molecule has 1 aromatic rings. The number of hydrogen-bond donors (Lipinski definition) is 1. The Labute approximate surface area is 77.5 Å². The predicted octanol–water partition coefficient (Wildman–Crippen LogP) is 1.79. The maximum atomic E-state index is 10.6. The van der Waals surface area contributed by atoms with Crippen molar-refractivity contribution in [2.24, 2.45) is 0 Å². The Morgan fingerprint density at radius 2 is 2.23 bits per heavy atom. The summed E-state index contributed by atoms with van der Waals surface area (Å²) in [6, 6.07) is 3.52. The van der Waals surface area contributed by atoms with Crippen molar-refractivity contribution in [2.75, 3.05) is 12.3 Å². The number of carbonyl (C=O) groups excluding carboxylic acids is 1. The predicted molar refractivity (Wildman–Crippen MR) is 52.1 cm³/mol. The fourth-order valence-electron chi connectivity index (χ4n) is 1.16. The van der Waals surface area contributed by atoms with Crippen LogP contribution in [0.2, 0.25) is 0 Å². The second kappa shape index (κ2) is 3.94. The number of benzene rings is 1. The first-order chi connectivity index (χ1) is 6.20. The molecule has 0 unspecified atom stereocenters. The lowest BCUT2D eigenvalue weighted by Gasteiger charge is -2.10. The molecule has 0 amide bonds. The number of carbonyl (C=O) groups is 1. The van der Waals surface area contributed by atoms with E-state index in [9.17, 15) is 4.79 Å². The SMILES string of the molecule is CCOc1c(C)ccc(C=O)c1N. The molecule has 0 aliphatic heterocycles. The number of rotatable bonds is 3. The zero-order valence-corrected chi connectivity index (χ0v) is 7.83. The van der Waals surface area contributed by atoms with Crippen LogP contribution in [0.25, 0.3) is 0 Å². The van der Waals surface area contributed by atoms with Crippen LogP contribution in [0, 0.1) is 6.92 Å². The highest BCUT2D eigenvalue weighted by molar-refractivity contribution is 5.86. The average Bonchev–Trinajstić information content (AvgIpc) is 2.12. The molecular formula is C10H13NO2. The normalized spacial score (nSPS) is 9.69. The number of aldehydes is 1. The Morgan fingerprint density at radius 3 is 2.77 bits per heavy atom. The van der Waals surface area contributed by atoms with Gasteiger partial charge in [0.1, 0.15) is 5.75 Å². The number of aryl methyl sites for hydroxylation is 1. The summed E-state index contributed by atoms with van der Waals surface area (Å²) in [7, 11) is 0. The van der Waals surface area contributed by atoms with Gasteiger partial charge in [-0.1, -0.05) is 6.07 Å². The summed E-state index contributed by atoms with van der Waals surface area (Å²) in [6.45, 7) is 4.33. The van der Waals surface area contributed by atoms with E-state index in [-0.39, 0.29) is 0 Å². The summed E-state index contributed by atoms with van der Waals surface area (Å²) < 4.78 is 5.33. The first-order valence-electron chi connectivity index (χ1n) is 4.17. The molecule has 13 heavy (non-hydrogen) atoms. The van der Waals surface area contributed by atoms with Crippen molar-refractivity contribution >= 4 is 12.0 Å². The van der Waals surface area contributed by atoms with Gasteiger partial charge in [-0.15, -0.1) is 0 Å². The van der Waals surface area contributed by atoms with Crippen molar-refractivity contribution in [3.63, 3.8) is 0 Å². The third-order valence-corrected chi connectivity index (χ3v) is 1.84. The minimum Gasteiger partial charge on any atom is -0.491 e. The van der Waals surface area contributed by atoms with Gasteiger partial charge in [0.2, 0.25) is 0 Å². The van der Waals surface area contributed by atoms with E-state index in [1.165, 1.54) is 0 Å². The minimum atomic E-state index is 0.428. The van der Waals surface area contributed by atoms with Crippen LogP contribution in [-0.2, 0) is 0 Å². The van der Waals surface area contributed by atoms with E-state index < -0.39 is 0 Å². The number of hydrogen-bond acceptors (Lipinski definition) is 3. The van der Waals surface area contributed by atoms with Gasteiger partial charge in [-0.2, -0.15) is 0 Å². The van der Waals surface area contributed by atoms with Gasteiger partial charge in [0.15, 0.2) is 6.29 Å². The summed E-state index contributed by atoms with van der Waals surface area (Å²) in [4.78, 5) is 10.6. The molecule has 1 rings (SSSR count). The highest BCUT2D eigenvalue weighted by Gasteiger charge is 2.07. The molecule has 2 N–H and O–H groups in total. The summed E-state index contributed by atoms with van der Waals surface area (Å²) in [5.74, 6) is 0.618. The van der Waals surface area contributed by atoms with Crippen LogP contribution in [0.4, 0.5) is 5.69 Å². The summed E-state index contributed by atoms with van der Waals surface area (Å²) in [6.07, 6.45) is 0.733. The van der Waals surface area contributed by atoms with Crippen LogP contribution < -0.4 is 10.5 Å². The molecule has 0 saturated carbocycles. The zero-order valence-electron chi connectivity index (χ0n) is 7.83. The molecule has 0 heterocycles. The topological polar surface area (TPSA) is 52.3 Å². The van der Waals surface area contributed by atoms with Crippen LogP contribution in [0.15, 0.2) is 12.1 Å². The largest absolute Gasteiger partial charge is 0.491 e. The molecule has 3 nitrogen and oxygen atoms in total. The Morgan fingerprint density at radius 1 is 1.54 bits per heavy atom. The van der Waals surface area contributed by atoms with E-state index in [0.717, 1.165) is 11.8 Å². The van der Waals surface area contributed by atoms with Gasteiger partial charge < -0.3 is 10.5 Å². The number of ether oxygens (including phenoxy) is 1. The first kappa shape index (κ1) is 9.58. The molecule has 70 valence electrons. The van der Waals surface area contributed by atoms with Crippen LogP contribution >= 0.6 is 0 Å². The Bertz CT molecular complexity index is 321. The molecule has 0 fully saturated rings. The second-order valence-electron chi connectivity index (χ2n) is 2.77. The molecule has 1 aromatic carbocycles. The lowest BCUT2D eigenvalue weighted by molar-refractivity contribution is 0.112. The summed E-state index contributed by atoms with van der Waals surface area (Å²) in [5, 5.41) is 0. The van der Waals surface area contributed by atoms with Gasteiger partial charge in [-0.05, 0) is 25.5 Å². The van der Waals surface area contributed by atoms with E-state index in [0.29, 0.717) is 23.6 Å². The first-order valence-corrected chi connectivity index (χ1v) is 4.17. The summed E-state index contributed by atoms with van der Waals surface area (Å²) in [5.41, 5.74) is 7.58. The Balaban J connectivity index is 3.21. The van der Waals surface area contributed by atoms with E-state index in [1.54, 1.807) is 6.07 Å². The van der Waals surface area contributed by atoms with E-state index in [1.807, 2.05) is 19.9 Å². The van der Waals surface area contributed by atoms with Crippen molar-refractivity contribution in [3.8, 4) is 5.75 Å². The van der Waals surface area contributed by atoms with E-state index in [2.05, 4.69) is 0 Å². The van der Waals surface area contributed by atoms with Crippen molar-refractivity contribution < 1.29 is 9.53 Å². The standard InChI is InChI=1S/C10H13NO2/c1-3-13-10-7(2)4-5-8(6-12)9(10)11/h4-6H,3,11H2,1-2H3. The molecule has 0 bridgehead atoms. The Hall–Kier alpha value is -1.51.